The Morgan fingerprint density at radius 1 is 1.23 bits per heavy atom. The highest BCUT2D eigenvalue weighted by Gasteiger charge is 2.31. The Hall–Kier alpha value is -2.21. The highest BCUT2D eigenvalue weighted by atomic mass is 19.4. The zero-order valence-electron chi connectivity index (χ0n) is 15.1. The monoisotopic (exact) mass is 366 g/mol. The molecule has 1 aliphatic rings. The number of methoxy groups -OCH3 is 1. The second kappa shape index (κ2) is 8.94. The maximum Gasteiger partial charge on any atom is 0.416 e. The molecule has 0 atom stereocenters. The van der Waals surface area contributed by atoms with E-state index in [2.05, 4.69) is 11.9 Å². The Morgan fingerprint density at radius 3 is 2.31 bits per heavy atom. The van der Waals surface area contributed by atoms with E-state index < -0.39 is 11.7 Å². The Labute approximate surface area is 152 Å². The zero-order chi connectivity index (χ0) is 19.2. The minimum atomic E-state index is -4.35. The number of piperidine rings is 1. The molecule has 0 amide bonds. The molecule has 2 rings (SSSR count). The van der Waals surface area contributed by atoms with Crippen molar-refractivity contribution in [2.45, 2.75) is 32.0 Å². The van der Waals surface area contributed by atoms with Crippen LogP contribution in [0.2, 0.25) is 0 Å². The van der Waals surface area contributed by atoms with Crippen LogP contribution in [0.3, 0.4) is 0 Å². The van der Waals surface area contributed by atoms with Crippen LogP contribution in [-0.4, -0.2) is 26.2 Å². The molecule has 1 saturated heterocycles. The van der Waals surface area contributed by atoms with Crippen LogP contribution >= 0.6 is 0 Å². The van der Waals surface area contributed by atoms with Crippen LogP contribution in [0.1, 0.15) is 25.3 Å². The van der Waals surface area contributed by atoms with Gasteiger partial charge in [0.1, 0.15) is 5.76 Å². The number of benzene rings is 1. The first kappa shape index (κ1) is 20.1. The fraction of sp³-hybridized carbons (Fsp3) is 0.400. The predicted molar refractivity (Wildman–Crippen MR) is 98.9 cm³/mol. The van der Waals surface area contributed by atoms with Crippen molar-refractivity contribution in [3.05, 3.63) is 66.1 Å². The molecule has 1 N–H and O–H groups in total. The summed E-state index contributed by atoms with van der Waals surface area (Å²) in [4.78, 5) is 2.03. The summed E-state index contributed by atoms with van der Waals surface area (Å²) >= 11 is 0. The van der Waals surface area contributed by atoms with E-state index in [0.29, 0.717) is 11.4 Å². The lowest BCUT2D eigenvalue weighted by molar-refractivity contribution is -0.137. The molecule has 0 spiro atoms. The minimum Gasteiger partial charge on any atom is -0.495 e. The average molecular weight is 366 g/mol. The molecule has 1 heterocycles. The van der Waals surface area contributed by atoms with Gasteiger partial charge in [-0.3, -0.25) is 0 Å². The summed E-state index contributed by atoms with van der Waals surface area (Å²) in [5, 5.41) is 3.31. The molecule has 1 aromatic carbocycles. The lowest BCUT2D eigenvalue weighted by atomic mass is 10.0. The Kier molecular flexibility index (Phi) is 6.91. The van der Waals surface area contributed by atoms with Crippen LogP contribution < -0.4 is 10.2 Å². The fourth-order valence-corrected chi connectivity index (χ4v) is 3.15. The van der Waals surface area contributed by atoms with Crippen molar-refractivity contribution in [3.8, 4) is 0 Å². The number of hydrogen-bond acceptors (Lipinski definition) is 3. The van der Waals surface area contributed by atoms with E-state index in [1.54, 1.807) is 13.2 Å². The van der Waals surface area contributed by atoms with Gasteiger partial charge < -0.3 is 15.0 Å². The molecular formula is C20H25F3N2O. The van der Waals surface area contributed by atoms with Gasteiger partial charge in [0.05, 0.1) is 18.4 Å². The molecule has 0 radical (unpaired) electrons. The molecular weight excluding hydrogens is 341 g/mol. The summed E-state index contributed by atoms with van der Waals surface area (Å²) in [5.41, 5.74) is 0.784. The van der Waals surface area contributed by atoms with Crippen LogP contribution in [-0.2, 0) is 10.9 Å². The molecule has 0 saturated carbocycles. The zero-order valence-corrected chi connectivity index (χ0v) is 15.1. The summed E-state index contributed by atoms with van der Waals surface area (Å²) in [6.45, 7) is 7.50. The normalized spacial score (nSPS) is 17.1. The van der Waals surface area contributed by atoms with Gasteiger partial charge in [0.15, 0.2) is 0 Å². The number of hydrogen-bond donors (Lipinski definition) is 1. The van der Waals surface area contributed by atoms with E-state index in [1.165, 1.54) is 12.1 Å². The summed E-state index contributed by atoms with van der Waals surface area (Å²) in [6, 6.07) is 5.41. The summed E-state index contributed by atoms with van der Waals surface area (Å²) < 4.78 is 44.2. The fourth-order valence-electron chi connectivity index (χ4n) is 3.15. The highest BCUT2D eigenvalue weighted by molar-refractivity contribution is 5.58. The molecule has 26 heavy (non-hydrogen) atoms. The quantitative estimate of drug-likeness (QED) is 0.573. The first-order valence-electron chi connectivity index (χ1n) is 8.63. The number of nitrogens with zero attached hydrogens (tertiary/aromatic N) is 1. The Bertz CT molecular complexity index is 657. The third kappa shape index (κ3) is 4.69. The molecule has 142 valence electrons. The van der Waals surface area contributed by atoms with E-state index in [-0.39, 0.29) is 6.04 Å². The topological polar surface area (TPSA) is 24.5 Å². The highest BCUT2D eigenvalue weighted by Crippen LogP contribution is 2.33. The van der Waals surface area contributed by atoms with E-state index in [4.69, 9.17) is 4.74 Å². The van der Waals surface area contributed by atoms with E-state index in [0.717, 1.165) is 43.8 Å². The molecule has 3 nitrogen and oxygen atoms in total. The minimum absolute atomic E-state index is 0.149. The SMILES string of the molecule is C=C/C(=C(\C=C/C)OC)N(c1ccc(C(F)(F)F)cc1)C1CCNCC1. The van der Waals surface area contributed by atoms with Gasteiger partial charge in [-0.2, -0.15) is 13.2 Å². The number of rotatable bonds is 6. The smallest absolute Gasteiger partial charge is 0.416 e. The molecule has 0 aromatic heterocycles. The largest absolute Gasteiger partial charge is 0.495 e. The molecule has 0 aliphatic carbocycles. The molecule has 6 heteroatoms. The van der Waals surface area contributed by atoms with Crippen molar-refractivity contribution in [2.24, 2.45) is 0 Å². The van der Waals surface area contributed by atoms with Crippen molar-refractivity contribution in [2.75, 3.05) is 25.1 Å². The van der Waals surface area contributed by atoms with Crippen molar-refractivity contribution < 1.29 is 17.9 Å². The molecule has 1 aromatic rings. The van der Waals surface area contributed by atoms with E-state index in [9.17, 15) is 13.2 Å². The van der Waals surface area contributed by atoms with Gasteiger partial charge in [-0.05, 0) is 69.3 Å². The number of ether oxygens (including phenoxy) is 1. The Balaban J connectivity index is 2.51. The van der Waals surface area contributed by atoms with Gasteiger partial charge in [0, 0.05) is 11.7 Å². The molecule has 1 aliphatic heterocycles. The van der Waals surface area contributed by atoms with Crippen LogP contribution in [0.25, 0.3) is 0 Å². The first-order chi connectivity index (χ1) is 12.4. The third-order valence-corrected chi connectivity index (χ3v) is 4.39. The van der Waals surface area contributed by atoms with Gasteiger partial charge in [-0.15, -0.1) is 0 Å². The number of alkyl halides is 3. The standard InChI is InChI=1S/C20H25F3N2O/c1-4-6-19(26-3)18(5-2)25(17-11-13-24-14-12-17)16-9-7-15(8-10-16)20(21,22)23/h4-10,17,24H,2,11-14H2,1,3H3/b6-4-,19-18-. The summed E-state index contributed by atoms with van der Waals surface area (Å²) in [6.07, 6.45) is 2.79. The molecule has 0 bridgehead atoms. The maximum atomic E-state index is 12.9. The second-order valence-electron chi connectivity index (χ2n) is 6.05. The van der Waals surface area contributed by atoms with Crippen molar-refractivity contribution >= 4 is 5.69 Å². The van der Waals surface area contributed by atoms with Gasteiger partial charge in [-0.1, -0.05) is 12.7 Å². The van der Waals surface area contributed by atoms with Gasteiger partial charge in [-0.25, -0.2) is 0 Å². The summed E-state index contributed by atoms with van der Waals surface area (Å²) in [5.74, 6) is 0.626. The van der Waals surface area contributed by atoms with Crippen molar-refractivity contribution in [1.82, 2.24) is 5.32 Å². The van der Waals surface area contributed by atoms with Crippen molar-refractivity contribution in [1.29, 1.82) is 0 Å². The van der Waals surface area contributed by atoms with Gasteiger partial charge >= 0.3 is 6.18 Å². The van der Waals surface area contributed by atoms with Crippen LogP contribution in [0.15, 0.2) is 60.5 Å². The van der Waals surface area contributed by atoms with Crippen LogP contribution in [0.5, 0.6) is 0 Å². The summed E-state index contributed by atoms with van der Waals surface area (Å²) in [7, 11) is 1.58. The third-order valence-electron chi connectivity index (χ3n) is 4.39. The number of halogens is 3. The van der Waals surface area contributed by atoms with Crippen LogP contribution in [0, 0.1) is 0 Å². The van der Waals surface area contributed by atoms with Crippen LogP contribution in [0.4, 0.5) is 18.9 Å². The lowest BCUT2D eigenvalue weighted by Crippen LogP contribution is -2.43. The Morgan fingerprint density at radius 2 is 1.85 bits per heavy atom. The first-order valence-corrected chi connectivity index (χ1v) is 8.63. The maximum absolute atomic E-state index is 12.9. The average Bonchev–Trinajstić information content (AvgIpc) is 2.64. The number of allylic oxidation sites excluding steroid dienone is 3. The lowest BCUT2D eigenvalue weighted by Gasteiger charge is -2.37. The predicted octanol–water partition coefficient (Wildman–Crippen LogP) is 4.88. The van der Waals surface area contributed by atoms with E-state index >= 15 is 0 Å². The molecule has 0 unspecified atom stereocenters. The van der Waals surface area contributed by atoms with Crippen molar-refractivity contribution in [3.63, 3.8) is 0 Å². The number of nitrogens with one attached hydrogen (secondary N) is 1. The van der Waals surface area contributed by atoms with Gasteiger partial charge in [0.25, 0.3) is 0 Å². The number of anilines is 1. The van der Waals surface area contributed by atoms with Gasteiger partial charge in [0.2, 0.25) is 0 Å². The second-order valence-corrected chi connectivity index (χ2v) is 6.05. The van der Waals surface area contributed by atoms with E-state index in [1.807, 2.05) is 24.0 Å². The molecule has 1 fully saturated rings.